The molecule has 0 aliphatic heterocycles. The third-order valence-corrected chi connectivity index (χ3v) is 2.71. The van der Waals surface area contributed by atoms with Crippen molar-refractivity contribution in [3.8, 4) is 0 Å². The topological polar surface area (TPSA) is 64.9 Å². The van der Waals surface area contributed by atoms with Crippen LogP contribution in [-0.4, -0.2) is 10.1 Å². The number of rotatable bonds is 3. The smallest absolute Gasteiger partial charge is 0.244 e. The van der Waals surface area contributed by atoms with E-state index in [1.54, 1.807) is 0 Å². The van der Waals surface area contributed by atoms with Gasteiger partial charge in [-0.2, -0.15) is 4.98 Å². The lowest BCUT2D eigenvalue weighted by Crippen LogP contribution is -2.26. The van der Waals surface area contributed by atoms with Gasteiger partial charge in [-0.15, -0.1) is 0 Å². The second-order valence-corrected chi connectivity index (χ2v) is 5.14. The van der Waals surface area contributed by atoms with Gasteiger partial charge in [0.05, 0.1) is 6.04 Å². The van der Waals surface area contributed by atoms with Gasteiger partial charge < -0.3 is 10.3 Å². The van der Waals surface area contributed by atoms with Crippen LogP contribution in [0.1, 0.15) is 64.7 Å². The lowest BCUT2D eigenvalue weighted by molar-refractivity contribution is 0.252. The molecule has 0 aromatic carbocycles. The summed E-state index contributed by atoms with van der Waals surface area (Å²) < 4.78 is 5.19. The molecule has 2 N–H and O–H groups in total. The normalized spacial score (nSPS) is 16.4. The van der Waals surface area contributed by atoms with Gasteiger partial charge in [0.1, 0.15) is 0 Å². The van der Waals surface area contributed by atoms with Crippen molar-refractivity contribution < 1.29 is 4.52 Å². The Kier molecular flexibility index (Phi) is 3.50. The SMILES string of the molecule is CCC(C)c1noc(C(N)C(C)(C)C)n1. The third-order valence-electron chi connectivity index (χ3n) is 2.71. The molecule has 0 fully saturated rings. The Labute approximate surface area is 91.2 Å². The molecule has 4 heteroatoms. The van der Waals surface area contributed by atoms with Gasteiger partial charge in [-0.3, -0.25) is 0 Å². The van der Waals surface area contributed by atoms with Crippen molar-refractivity contribution in [3.63, 3.8) is 0 Å². The second kappa shape index (κ2) is 4.31. The highest BCUT2D eigenvalue weighted by molar-refractivity contribution is 4.99. The van der Waals surface area contributed by atoms with Crippen LogP contribution in [0.4, 0.5) is 0 Å². The molecule has 1 aromatic heterocycles. The van der Waals surface area contributed by atoms with Crippen LogP contribution in [-0.2, 0) is 0 Å². The van der Waals surface area contributed by atoms with E-state index < -0.39 is 0 Å². The van der Waals surface area contributed by atoms with Gasteiger partial charge in [0.15, 0.2) is 5.82 Å². The molecule has 0 saturated carbocycles. The summed E-state index contributed by atoms with van der Waals surface area (Å²) in [5.41, 5.74) is 5.97. The number of hydrogen-bond acceptors (Lipinski definition) is 4. The summed E-state index contributed by atoms with van der Waals surface area (Å²) >= 11 is 0. The molecule has 4 nitrogen and oxygen atoms in total. The largest absolute Gasteiger partial charge is 0.338 e. The van der Waals surface area contributed by atoms with Gasteiger partial charge in [0.25, 0.3) is 0 Å². The highest BCUT2D eigenvalue weighted by Gasteiger charge is 2.28. The molecule has 1 rings (SSSR count). The first-order valence-electron chi connectivity index (χ1n) is 5.45. The van der Waals surface area contributed by atoms with Crippen LogP contribution in [0.25, 0.3) is 0 Å². The van der Waals surface area contributed by atoms with Crippen molar-refractivity contribution in [1.82, 2.24) is 10.1 Å². The monoisotopic (exact) mass is 211 g/mol. The van der Waals surface area contributed by atoms with Crippen LogP contribution in [0.3, 0.4) is 0 Å². The zero-order valence-electron chi connectivity index (χ0n) is 10.2. The van der Waals surface area contributed by atoms with Gasteiger partial charge in [-0.25, -0.2) is 0 Å². The number of aromatic nitrogens is 2. The number of nitrogens with zero attached hydrogens (tertiary/aromatic N) is 2. The molecule has 86 valence electrons. The van der Waals surface area contributed by atoms with Crippen molar-refractivity contribution >= 4 is 0 Å². The van der Waals surface area contributed by atoms with E-state index in [2.05, 4.69) is 44.8 Å². The zero-order chi connectivity index (χ0) is 11.6. The van der Waals surface area contributed by atoms with Crippen molar-refractivity contribution in [2.24, 2.45) is 11.1 Å². The Morgan fingerprint density at radius 1 is 1.40 bits per heavy atom. The fourth-order valence-corrected chi connectivity index (χ4v) is 1.13. The molecule has 0 amide bonds. The van der Waals surface area contributed by atoms with E-state index >= 15 is 0 Å². The number of hydrogen-bond donors (Lipinski definition) is 1. The molecule has 2 atom stereocenters. The van der Waals surface area contributed by atoms with E-state index in [9.17, 15) is 0 Å². The fraction of sp³-hybridized carbons (Fsp3) is 0.818. The maximum Gasteiger partial charge on any atom is 0.244 e. The minimum atomic E-state index is -0.206. The van der Waals surface area contributed by atoms with E-state index in [1.165, 1.54) is 0 Å². The van der Waals surface area contributed by atoms with Crippen LogP contribution in [0.2, 0.25) is 0 Å². The van der Waals surface area contributed by atoms with Crippen molar-refractivity contribution in [3.05, 3.63) is 11.7 Å². The van der Waals surface area contributed by atoms with Crippen molar-refractivity contribution in [2.45, 2.75) is 53.0 Å². The zero-order valence-corrected chi connectivity index (χ0v) is 10.2. The second-order valence-electron chi connectivity index (χ2n) is 5.14. The van der Waals surface area contributed by atoms with Crippen molar-refractivity contribution in [2.75, 3.05) is 0 Å². The quantitative estimate of drug-likeness (QED) is 0.834. The minimum Gasteiger partial charge on any atom is -0.338 e. The molecule has 0 bridgehead atoms. The molecular formula is C11H21N3O. The Balaban J connectivity index is 2.85. The molecule has 0 spiro atoms. The Hall–Kier alpha value is -0.900. The fourth-order valence-electron chi connectivity index (χ4n) is 1.13. The molecule has 0 aliphatic rings. The summed E-state index contributed by atoms with van der Waals surface area (Å²) in [6, 6.07) is -0.206. The third kappa shape index (κ3) is 2.78. The highest BCUT2D eigenvalue weighted by atomic mass is 16.5. The number of nitrogens with two attached hydrogens (primary N) is 1. The summed E-state index contributed by atoms with van der Waals surface area (Å²) in [5, 5.41) is 3.96. The van der Waals surface area contributed by atoms with E-state index in [1.807, 2.05) is 0 Å². The predicted octanol–water partition coefficient (Wildman–Crippen LogP) is 2.63. The molecule has 15 heavy (non-hydrogen) atoms. The average Bonchev–Trinajstić information content (AvgIpc) is 2.62. The minimum absolute atomic E-state index is 0.0563. The maximum absolute atomic E-state index is 6.03. The summed E-state index contributed by atoms with van der Waals surface area (Å²) in [4.78, 5) is 4.34. The van der Waals surface area contributed by atoms with E-state index in [0.717, 1.165) is 12.2 Å². The van der Waals surface area contributed by atoms with E-state index in [0.29, 0.717) is 11.8 Å². The van der Waals surface area contributed by atoms with Gasteiger partial charge in [-0.1, -0.05) is 39.8 Å². The van der Waals surface area contributed by atoms with Crippen LogP contribution in [0.5, 0.6) is 0 Å². The average molecular weight is 211 g/mol. The van der Waals surface area contributed by atoms with E-state index in [-0.39, 0.29) is 11.5 Å². The van der Waals surface area contributed by atoms with Gasteiger partial charge in [0.2, 0.25) is 5.89 Å². The first-order chi connectivity index (χ1) is 6.86. The Morgan fingerprint density at radius 2 is 2.00 bits per heavy atom. The molecule has 1 heterocycles. The Bertz CT molecular complexity index is 314. The van der Waals surface area contributed by atoms with Crippen LogP contribution in [0, 0.1) is 5.41 Å². The lowest BCUT2D eigenvalue weighted by Gasteiger charge is -2.23. The maximum atomic E-state index is 6.03. The van der Waals surface area contributed by atoms with Gasteiger partial charge in [-0.05, 0) is 11.8 Å². The van der Waals surface area contributed by atoms with E-state index in [4.69, 9.17) is 10.3 Å². The molecule has 0 saturated heterocycles. The van der Waals surface area contributed by atoms with Crippen LogP contribution in [0.15, 0.2) is 4.52 Å². The highest BCUT2D eigenvalue weighted by Crippen LogP contribution is 2.30. The van der Waals surface area contributed by atoms with Gasteiger partial charge in [0, 0.05) is 5.92 Å². The Morgan fingerprint density at radius 3 is 2.47 bits per heavy atom. The molecule has 1 aromatic rings. The molecule has 0 radical (unpaired) electrons. The molecule has 0 aliphatic carbocycles. The first kappa shape index (κ1) is 12.2. The lowest BCUT2D eigenvalue weighted by atomic mass is 9.87. The molecule has 2 unspecified atom stereocenters. The molecular weight excluding hydrogens is 190 g/mol. The summed E-state index contributed by atoms with van der Waals surface area (Å²) in [7, 11) is 0. The predicted molar refractivity (Wildman–Crippen MR) is 59.4 cm³/mol. The van der Waals surface area contributed by atoms with Crippen LogP contribution >= 0.6 is 0 Å². The standard InChI is InChI=1S/C11H21N3O/c1-6-7(2)9-13-10(15-14-9)8(12)11(3,4)5/h7-8H,6,12H2,1-5H3. The van der Waals surface area contributed by atoms with Crippen molar-refractivity contribution in [1.29, 1.82) is 0 Å². The summed E-state index contributed by atoms with van der Waals surface area (Å²) in [5.74, 6) is 1.62. The van der Waals surface area contributed by atoms with Crippen LogP contribution < -0.4 is 5.73 Å². The van der Waals surface area contributed by atoms with Gasteiger partial charge >= 0.3 is 0 Å². The summed E-state index contributed by atoms with van der Waals surface area (Å²) in [6.45, 7) is 10.4. The summed E-state index contributed by atoms with van der Waals surface area (Å²) in [6.07, 6.45) is 1.00. The first-order valence-corrected chi connectivity index (χ1v) is 5.45.